The molecule has 0 radical (unpaired) electrons. The van der Waals surface area contributed by atoms with Gasteiger partial charge in [-0.05, 0) is 30.5 Å². The molecule has 0 atom stereocenters. The predicted molar refractivity (Wildman–Crippen MR) is 73.2 cm³/mol. The first-order valence-corrected chi connectivity index (χ1v) is 5.80. The van der Waals surface area contributed by atoms with Gasteiger partial charge in [0, 0.05) is 7.05 Å². The van der Waals surface area contributed by atoms with Gasteiger partial charge in [-0.25, -0.2) is 4.79 Å². The van der Waals surface area contributed by atoms with E-state index in [-0.39, 0.29) is 12.1 Å². The zero-order chi connectivity index (χ0) is 14.8. The molecule has 0 heterocycles. The minimum Gasteiger partial charge on any atom is -0.425 e. The number of rotatable bonds is 5. The van der Waals surface area contributed by atoms with Crippen LogP contribution < -0.4 is 4.74 Å². The van der Waals surface area contributed by atoms with Gasteiger partial charge >= 0.3 is 5.97 Å². The third-order valence-corrected chi connectivity index (χ3v) is 2.20. The molecule has 0 saturated heterocycles. The van der Waals surface area contributed by atoms with E-state index in [1.165, 1.54) is 12.2 Å². The van der Waals surface area contributed by atoms with Crippen molar-refractivity contribution in [1.29, 1.82) is 10.5 Å². The van der Waals surface area contributed by atoms with Gasteiger partial charge in [0.2, 0.25) is 0 Å². The molecule has 20 heavy (non-hydrogen) atoms. The minimum absolute atomic E-state index is 0.00140. The summed E-state index contributed by atoms with van der Waals surface area (Å²) in [5, 5.41) is 17.1. The van der Waals surface area contributed by atoms with Gasteiger partial charge in [-0.1, -0.05) is 18.2 Å². The molecule has 0 amide bonds. The van der Waals surface area contributed by atoms with Crippen LogP contribution in [0.2, 0.25) is 0 Å². The number of nitriles is 2. The lowest BCUT2D eigenvalue weighted by atomic mass is 10.3. The van der Waals surface area contributed by atoms with Crippen molar-refractivity contribution in [1.82, 2.24) is 4.90 Å². The molecule has 0 aliphatic carbocycles. The second-order valence-electron chi connectivity index (χ2n) is 3.85. The van der Waals surface area contributed by atoms with Crippen LogP contribution in [0.15, 0.2) is 54.3 Å². The number of nitrogens with zero attached hydrogens (tertiary/aromatic N) is 3. The second kappa shape index (κ2) is 8.12. The summed E-state index contributed by atoms with van der Waals surface area (Å²) in [6.45, 7) is 0.0632. The molecule has 1 rings (SSSR count). The van der Waals surface area contributed by atoms with Crippen LogP contribution in [-0.2, 0) is 4.79 Å². The topological polar surface area (TPSA) is 77.1 Å². The van der Waals surface area contributed by atoms with Crippen molar-refractivity contribution < 1.29 is 9.53 Å². The maximum absolute atomic E-state index is 11.6. The molecule has 0 saturated carbocycles. The fourth-order valence-corrected chi connectivity index (χ4v) is 1.29. The summed E-state index contributed by atoms with van der Waals surface area (Å²) in [4.78, 5) is 13.2. The highest BCUT2D eigenvalue weighted by Gasteiger charge is 2.05. The van der Waals surface area contributed by atoms with Crippen LogP contribution in [0.5, 0.6) is 5.75 Å². The summed E-state index contributed by atoms with van der Waals surface area (Å²) in [6.07, 6.45) is 4.48. The summed E-state index contributed by atoms with van der Waals surface area (Å²) in [7, 11) is 1.69. The normalized spacial score (nSPS) is 9.35. The Balaban J connectivity index is 2.47. The Bertz CT molecular complexity index is 576. The SMILES string of the molecule is CN(/C=C/C=C(C#N)C#N)CC(=O)Oc1ccccc1. The third-order valence-electron chi connectivity index (χ3n) is 2.20. The third kappa shape index (κ3) is 5.52. The van der Waals surface area contributed by atoms with E-state index in [1.807, 2.05) is 6.07 Å². The average molecular weight is 267 g/mol. The maximum atomic E-state index is 11.6. The lowest BCUT2D eigenvalue weighted by Gasteiger charge is -2.12. The van der Waals surface area contributed by atoms with Gasteiger partial charge in [0.25, 0.3) is 0 Å². The molecule has 1 aromatic carbocycles. The van der Waals surface area contributed by atoms with E-state index in [4.69, 9.17) is 15.3 Å². The van der Waals surface area contributed by atoms with Crippen LogP contribution in [0.3, 0.4) is 0 Å². The maximum Gasteiger partial charge on any atom is 0.330 e. The summed E-state index contributed by atoms with van der Waals surface area (Å²) in [5.41, 5.74) is 0.00140. The van der Waals surface area contributed by atoms with E-state index < -0.39 is 5.97 Å². The van der Waals surface area contributed by atoms with Crippen LogP contribution in [0.1, 0.15) is 0 Å². The summed E-state index contributed by atoms with van der Waals surface area (Å²) < 4.78 is 5.12. The minimum atomic E-state index is -0.395. The molecule has 1 aromatic rings. The Hall–Kier alpha value is -3.05. The van der Waals surface area contributed by atoms with Crippen LogP contribution in [-0.4, -0.2) is 24.5 Å². The number of ether oxygens (including phenoxy) is 1. The average Bonchev–Trinajstić information content (AvgIpc) is 2.44. The second-order valence-corrected chi connectivity index (χ2v) is 3.85. The lowest BCUT2D eigenvalue weighted by Crippen LogP contribution is -2.24. The standard InChI is InChI=1S/C15H13N3O2/c1-18(9-5-6-13(10-16)11-17)12-15(19)20-14-7-3-2-4-8-14/h2-9H,12H2,1H3/b9-5+. The fraction of sp³-hybridized carbons (Fsp3) is 0.133. The van der Waals surface area contributed by atoms with E-state index in [2.05, 4.69) is 0 Å². The van der Waals surface area contributed by atoms with Gasteiger partial charge < -0.3 is 9.64 Å². The first-order valence-electron chi connectivity index (χ1n) is 5.80. The van der Waals surface area contributed by atoms with Gasteiger partial charge in [-0.3, -0.25) is 0 Å². The van der Waals surface area contributed by atoms with Crippen molar-refractivity contribution in [3.05, 3.63) is 54.3 Å². The van der Waals surface area contributed by atoms with Gasteiger partial charge in [0.1, 0.15) is 30.0 Å². The molecule has 0 aliphatic heterocycles. The zero-order valence-corrected chi connectivity index (χ0v) is 11.0. The molecule has 0 fully saturated rings. The van der Waals surface area contributed by atoms with Crippen molar-refractivity contribution in [3.8, 4) is 17.9 Å². The van der Waals surface area contributed by atoms with E-state index in [9.17, 15) is 4.79 Å². The highest BCUT2D eigenvalue weighted by Crippen LogP contribution is 2.08. The van der Waals surface area contributed by atoms with Gasteiger partial charge in [-0.2, -0.15) is 10.5 Å². The number of carbonyl (C=O) groups excluding carboxylic acids is 1. The summed E-state index contributed by atoms with van der Waals surface area (Å²) in [5.74, 6) is 0.0964. The predicted octanol–water partition coefficient (Wildman–Crippen LogP) is 2.01. The van der Waals surface area contributed by atoms with Crippen molar-refractivity contribution in [3.63, 3.8) is 0 Å². The number of hydrogen-bond donors (Lipinski definition) is 0. The molecule has 0 spiro atoms. The molecule has 5 nitrogen and oxygen atoms in total. The Kier molecular flexibility index (Phi) is 6.10. The summed E-state index contributed by atoms with van der Waals surface area (Å²) >= 11 is 0. The number of benzene rings is 1. The Morgan fingerprint density at radius 1 is 1.30 bits per heavy atom. The number of hydrogen-bond acceptors (Lipinski definition) is 5. The van der Waals surface area contributed by atoms with Crippen LogP contribution in [0.4, 0.5) is 0 Å². The number of carbonyl (C=O) groups is 1. The van der Waals surface area contributed by atoms with Gasteiger partial charge in [-0.15, -0.1) is 0 Å². The molecular formula is C15H13N3O2. The van der Waals surface area contributed by atoms with Crippen molar-refractivity contribution in [2.24, 2.45) is 0 Å². The van der Waals surface area contributed by atoms with Crippen molar-refractivity contribution in [2.75, 3.05) is 13.6 Å². The molecule has 0 N–H and O–H groups in total. The van der Waals surface area contributed by atoms with E-state index in [0.717, 1.165) is 0 Å². The number of allylic oxidation sites excluding steroid dienone is 3. The highest BCUT2D eigenvalue weighted by atomic mass is 16.5. The molecule has 0 aromatic heterocycles. The molecule has 100 valence electrons. The summed E-state index contributed by atoms with van der Waals surface area (Å²) in [6, 6.07) is 12.3. The molecular weight excluding hydrogens is 254 g/mol. The smallest absolute Gasteiger partial charge is 0.330 e. The van der Waals surface area contributed by atoms with Crippen LogP contribution in [0.25, 0.3) is 0 Å². The number of para-hydroxylation sites is 1. The zero-order valence-electron chi connectivity index (χ0n) is 11.0. The van der Waals surface area contributed by atoms with Gasteiger partial charge in [0.05, 0.1) is 0 Å². The molecule has 0 unspecified atom stereocenters. The van der Waals surface area contributed by atoms with E-state index in [1.54, 1.807) is 54.6 Å². The van der Waals surface area contributed by atoms with Gasteiger partial charge in [0.15, 0.2) is 0 Å². The Morgan fingerprint density at radius 2 is 1.95 bits per heavy atom. The Labute approximate surface area is 117 Å². The molecule has 5 heteroatoms. The lowest BCUT2D eigenvalue weighted by molar-refractivity contribution is -0.134. The monoisotopic (exact) mass is 267 g/mol. The van der Waals surface area contributed by atoms with E-state index in [0.29, 0.717) is 5.75 Å². The van der Waals surface area contributed by atoms with Crippen LogP contribution >= 0.6 is 0 Å². The van der Waals surface area contributed by atoms with E-state index >= 15 is 0 Å². The highest BCUT2D eigenvalue weighted by molar-refractivity contribution is 5.74. The first kappa shape index (κ1) is 15.0. The first-order chi connectivity index (χ1) is 9.65. The fourth-order valence-electron chi connectivity index (χ4n) is 1.29. The van der Waals surface area contributed by atoms with Crippen molar-refractivity contribution >= 4 is 5.97 Å². The quantitative estimate of drug-likeness (QED) is 0.353. The number of esters is 1. The van der Waals surface area contributed by atoms with Crippen molar-refractivity contribution in [2.45, 2.75) is 0 Å². The largest absolute Gasteiger partial charge is 0.425 e. The Morgan fingerprint density at radius 3 is 2.55 bits per heavy atom. The number of likely N-dealkylation sites (N-methyl/N-ethyl adjacent to an activating group) is 1. The molecule has 0 bridgehead atoms. The molecule has 0 aliphatic rings. The van der Waals surface area contributed by atoms with Crippen LogP contribution in [0, 0.1) is 22.7 Å².